The van der Waals surface area contributed by atoms with Crippen molar-refractivity contribution < 1.29 is 9.90 Å². The number of nitrogens with zero attached hydrogens (tertiary/aromatic N) is 2. The van der Waals surface area contributed by atoms with Crippen molar-refractivity contribution in [2.75, 3.05) is 6.54 Å². The van der Waals surface area contributed by atoms with Crippen LogP contribution < -0.4 is 10.6 Å². The molecule has 2 aliphatic heterocycles. The van der Waals surface area contributed by atoms with Crippen LogP contribution in [0.5, 0.6) is 0 Å². The number of carbonyl (C=O) groups excluding carboxylic acids is 1. The highest BCUT2D eigenvalue weighted by Gasteiger charge is 2.35. The van der Waals surface area contributed by atoms with Crippen LogP contribution >= 0.6 is 0 Å². The number of ketones is 1. The first kappa shape index (κ1) is 11.4. The molecule has 1 N–H and O–H groups in total. The zero-order valence-electron chi connectivity index (χ0n) is 10.3. The van der Waals surface area contributed by atoms with Crippen molar-refractivity contribution in [1.82, 2.24) is 4.90 Å². The van der Waals surface area contributed by atoms with E-state index in [2.05, 4.69) is 9.89 Å². The van der Waals surface area contributed by atoms with E-state index in [1.165, 1.54) is 0 Å². The predicted octanol–water partition coefficient (Wildman–Crippen LogP) is -0.200. The summed E-state index contributed by atoms with van der Waals surface area (Å²) in [4.78, 5) is 18.1. The lowest BCUT2D eigenvalue weighted by Crippen LogP contribution is -2.46. The van der Waals surface area contributed by atoms with Gasteiger partial charge < -0.3 is 10.0 Å². The van der Waals surface area contributed by atoms with Gasteiger partial charge in [-0.25, -0.2) is 0 Å². The first-order valence-corrected chi connectivity index (χ1v) is 6.27. The van der Waals surface area contributed by atoms with Crippen LogP contribution in [-0.2, 0) is 4.79 Å². The number of Topliss-reactive ketones (excluding diaryl/α,β-unsaturated/α-hetero) is 1. The number of benzene rings is 1. The normalized spacial score (nSPS) is 25.4. The maximum absolute atomic E-state index is 11.5. The summed E-state index contributed by atoms with van der Waals surface area (Å²) in [6, 6.07) is 7.84. The Bertz CT molecular complexity index is 608. The summed E-state index contributed by atoms with van der Waals surface area (Å²) >= 11 is 0. The van der Waals surface area contributed by atoms with Crippen LogP contribution in [0.1, 0.15) is 19.8 Å². The maximum atomic E-state index is 11.5. The molecule has 0 amide bonds. The molecule has 4 heteroatoms. The fraction of sp³-hybridized carbons (Fsp3) is 0.429. The zero-order valence-corrected chi connectivity index (χ0v) is 10.3. The smallest absolute Gasteiger partial charge is 0.147 e. The fourth-order valence-corrected chi connectivity index (χ4v) is 2.77. The largest absolute Gasteiger partial charge is 0.389 e. The Morgan fingerprint density at radius 3 is 3.06 bits per heavy atom. The molecule has 0 bridgehead atoms. The molecule has 2 aliphatic rings. The second-order valence-electron chi connectivity index (χ2n) is 4.93. The van der Waals surface area contributed by atoms with Crippen LogP contribution in [0.2, 0.25) is 0 Å². The van der Waals surface area contributed by atoms with Gasteiger partial charge in [0.2, 0.25) is 0 Å². The highest BCUT2D eigenvalue weighted by molar-refractivity contribution is 5.83. The van der Waals surface area contributed by atoms with Gasteiger partial charge in [-0.3, -0.25) is 9.79 Å². The van der Waals surface area contributed by atoms with Crippen molar-refractivity contribution in [1.29, 1.82) is 0 Å². The summed E-state index contributed by atoms with van der Waals surface area (Å²) in [7, 11) is 0. The Kier molecular flexibility index (Phi) is 2.67. The minimum absolute atomic E-state index is 0.141. The van der Waals surface area contributed by atoms with Gasteiger partial charge in [-0.15, -0.1) is 0 Å². The average molecular weight is 244 g/mol. The van der Waals surface area contributed by atoms with Gasteiger partial charge in [-0.05, 0) is 19.4 Å². The fourth-order valence-electron chi connectivity index (χ4n) is 2.77. The highest BCUT2D eigenvalue weighted by Crippen LogP contribution is 2.26. The number of aliphatic hydroxyl groups excluding tert-OH is 1. The molecule has 94 valence electrons. The number of aliphatic hydroxyl groups is 1. The van der Waals surface area contributed by atoms with E-state index < -0.39 is 6.10 Å². The average Bonchev–Trinajstić information content (AvgIpc) is 2.71. The van der Waals surface area contributed by atoms with E-state index in [0.29, 0.717) is 12.8 Å². The molecule has 2 unspecified atom stereocenters. The summed E-state index contributed by atoms with van der Waals surface area (Å²) < 4.78 is 0. The molecular formula is C14H16N2O2. The van der Waals surface area contributed by atoms with E-state index in [4.69, 9.17) is 0 Å². The highest BCUT2D eigenvalue weighted by atomic mass is 16.3. The number of fused-ring (bicyclic) bond motifs is 2. The molecule has 1 fully saturated rings. The van der Waals surface area contributed by atoms with E-state index in [1.54, 1.807) is 6.92 Å². The monoisotopic (exact) mass is 244 g/mol. The van der Waals surface area contributed by atoms with Crippen LogP contribution in [0, 0.1) is 0 Å². The maximum Gasteiger partial charge on any atom is 0.147 e. The Labute approximate surface area is 105 Å². The SMILES string of the molecule is CC(=O)CC1=c2ccccc2=NC2C(O)CCN12. The van der Waals surface area contributed by atoms with E-state index >= 15 is 0 Å². The third-order valence-electron chi connectivity index (χ3n) is 3.58. The molecule has 1 aromatic carbocycles. The molecule has 1 saturated heterocycles. The predicted molar refractivity (Wildman–Crippen MR) is 67.0 cm³/mol. The molecule has 0 radical (unpaired) electrons. The van der Waals surface area contributed by atoms with Gasteiger partial charge in [0.05, 0.1) is 11.5 Å². The van der Waals surface area contributed by atoms with Gasteiger partial charge >= 0.3 is 0 Å². The van der Waals surface area contributed by atoms with Crippen molar-refractivity contribution in [2.45, 2.75) is 32.0 Å². The Morgan fingerprint density at radius 1 is 1.50 bits per heavy atom. The molecule has 18 heavy (non-hydrogen) atoms. The van der Waals surface area contributed by atoms with Crippen LogP contribution in [0.25, 0.3) is 5.70 Å². The Hall–Kier alpha value is -1.68. The Balaban J connectivity index is 2.21. The lowest BCUT2D eigenvalue weighted by Gasteiger charge is -2.30. The van der Waals surface area contributed by atoms with E-state index in [0.717, 1.165) is 22.8 Å². The molecule has 4 nitrogen and oxygen atoms in total. The van der Waals surface area contributed by atoms with Gasteiger partial charge in [0.15, 0.2) is 0 Å². The summed E-state index contributed by atoms with van der Waals surface area (Å²) in [5, 5.41) is 11.9. The molecule has 0 spiro atoms. The van der Waals surface area contributed by atoms with E-state index in [-0.39, 0.29) is 11.9 Å². The van der Waals surface area contributed by atoms with Crippen LogP contribution in [-0.4, -0.2) is 34.6 Å². The second kappa shape index (κ2) is 4.21. The molecule has 0 aliphatic carbocycles. The number of hydrogen-bond acceptors (Lipinski definition) is 4. The van der Waals surface area contributed by atoms with Crippen LogP contribution in [0.15, 0.2) is 29.3 Å². The minimum Gasteiger partial charge on any atom is -0.389 e. The third-order valence-corrected chi connectivity index (χ3v) is 3.58. The van der Waals surface area contributed by atoms with Crippen LogP contribution in [0.4, 0.5) is 0 Å². The van der Waals surface area contributed by atoms with Gasteiger partial charge in [0.1, 0.15) is 11.9 Å². The molecule has 0 aromatic heterocycles. The van der Waals surface area contributed by atoms with Crippen molar-refractivity contribution in [3.63, 3.8) is 0 Å². The van der Waals surface area contributed by atoms with Crippen molar-refractivity contribution in [3.8, 4) is 0 Å². The van der Waals surface area contributed by atoms with Gasteiger partial charge in [-0.2, -0.15) is 0 Å². The molecule has 2 heterocycles. The molecule has 3 rings (SSSR count). The number of para-hydroxylation sites is 1. The molecule has 1 aromatic rings. The number of carbonyl (C=O) groups is 1. The molecule has 2 atom stereocenters. The molecular weight excluding hydrogens is 228 g/mol. The Morgan fingerprint density at radius 2 is 2.28 bits per heavy atom. The number of hydrogen-bond donors (Lipinski definition) is 1. The molecule has 0 saturated carbocycles. The standard InChI is InChI=1S/C14H16N2O2/c1-9(17)8-12-10-4-2-3-5-11(10)15-14-13(18)6-7-16(12)14/h2-5,13-14,18H,6-8H2,1H3. The second-order valence-corrected chi connectivity index (χ2v) is 4.93. The van der Waals surface area contributed by atoms with E-state index in [1.807, 2.05) is 24.3 Å². The number of rotatable bonds is 2. The van der Waals surface area contributed by atoms with Gasteiger partial charge in [0.25, 0.3) is 0 Å². The first-order chi connectivity index (χ1) is 8.66. The minimum atomic E-state index is -0.430. The topological polar surface area (TPSA) is 52.9 Å². The third kappa shape index (κ3) is 1.73. The van der Waals surface area contributed by atoms with Crippen molar-refractivity contribution in [3.05, 3.63) is 34.8 Å². The lowest BCUT2D eigenvalue weighted by atomic mass is 10.1. The van der Waals surface area contributed by atoms with Crippen molar-refractivity contribution >= 4 is 11.5 Å². The van der Waals surface area contributed by atoms with Gasteiger partial charge in [-0.1, -0.05) is 18.2 Å². The lowest BCUT2D eigenvalue weighted by molar-refractivity contribution is -0.116. The first-order valence-electron chi connectivity index (χ1n) is 6.27. The quantitative estimate of drug-likeness (QED) is 0.784. The zero-order chi connectivity index (χ0) is 12.7. The summed E-state index contributed by atoms with van der Waals surface area (Å²) in [5.41, 5.74) is 1.01. The summed E-state index contributed by atoms with van der Waals surface area (Å²) in [6.07, 6.45) is 0.480. The van der Waals surface area contributed by atoms with Crippen LogP contribution in [0.3, 0.4) is 0 Å². The summed E-state index contributed by atoms with van der Waals surface area (Å²) in [6.45, 7) is 2.37. The van der Waals surface area contributed by atoms with Gasteiger partial charge in [0, 0.05) is 23.9 Å². The van der Waals surface area contributed by atoms with Crippen molar-refractivity contribution in [2.24, 2.45) is 4.99 Å². The van der Waals surface area contributed by atoms with E-state index in [9.17, 15) is 9.90 Å². The summed E-state index contributed by atoms with van der Waals surface area (Å²) in [5.74, 6) is 0.141.